The molecule has 0 radical (unpaired) electrons. The Morgan fingerprint density at radius 3 is 3.00 bits per heavy atom. The second kappa shape index (κ2) is 4.72. The Labute approximate surface area is 90.7 Å². The molecule has 0 bridgehead atoms. The number of rotatable bonds is 5. The van der Waals surface area contributed by atoms with Gasteiger partial charge in [-0.05, 0) is 25.5 Å². The first-order valence-electron chi connectivity index (χ1n) is 3.97. The van der Waals surface area contributed by atoms with Crippen LogP contribution < -0.4 is 11.1 Å². The molecule has 0 aromatic carbocycles. The molecule has 7 heteroatoms. The molecule has 1 unspecified atom stereocenters. The number of hydrogen-bond donors (Lipinski definition) is 2. The molecule has 1 amide bonds. The van der Waals surface area contributed by atoms with Crippen molar-refractivity contribution < 1.29 is 4.79 Å². The number of thioether (sulfide) groups is 1. The van der Waals surface area contributed by atoms with E-state index in [1.165, 1.54) is 29.6 Å². The highest BCUT2D eigenvalue weighted by Gasteiger charge is 2.29. The number of carbonyl (C=O) groups excluding carboxylic acids is 1. The topological polar surface area (TPSA) is 80.9 Å². The Hall–Kier alpha value is -0.660. The lowest BCUT2D eigenvalue weighted by atomic mass is 10.1. The van der Waals surface area contributed by atoms with Crippen molar-refractivity contribution in [3.8, 4) is 0 Å². The van der Waals surface area contributed by atoms with E-state index in [1.54, 1.807) is 14.0 Å². The van der Waals surface area contributed by atoms with Crippen molar-refractivity contribution in [3.63, 3.8) is 0 Å². The highest BCUT2D eigenvalue weighted by Crippen LogP contribution is 2.22. The minimum absolute atomic E-state index is 0.364. The lowest BCUT2D eigenvalue weighted by molar-refractivity contribution is -0.122. The van der Waals surface area contributed by atoms with Crippen LogP contribution in [0.2, 0.25) is 0 Å². The number of nitrogens with one attached hydrogen (secondary N) is 1. The monoisotopic (exact) mass is 232 g/mol. The van der Waals surface area contributed by atoms with E-state index in [9.17, 15) is 4.79 Å². The molecule has 0 spiro atoms. The van der Waals surface area contributed by atoms with E-state index in [1.807, 2.05) is 0 Å². The molecule has 1 heterocycles. The van der Waals surface area contributed by atoms with Gasteiger partial charge in [0.15, 0.2) is 4.34 Å². The Balaban J connectivity index is 2.54. The minimum Gasteiger partial charge on any atom is -0.368 e. The van der Waals surface area contributed by atoms with Crippen LogP contribution in [0.25, 0.3) is 0 Å². The van der Waals surface area contributed by atoms with Gasteiger partial charge in [0.2, 0.25) is 5.91 Å². The molecule has 5 nitrogen and oxygen atoms in total. The van der Waals surface area contributed by atoms with Crippen LogP contribution in [-0.2, 0) is 4.79 Å². The average Bonchev–Trinajstić information content (AvgIpc) is 2.66. The summed E-state index contributed by atoms with van der Waals surface area (Å²) in [6.45, 7) is 1.77. The van der Waals surface area contributed by atoms with Crippen molar-refractivity contribution in [1.82, 2.24) is 14.7 Å². The summed E-state index contributed by atoms with van der Waals surface area (Å²) in [5, 5.41) is 2.90. The first kappa shape index (κ1) is 11.4. The number of hydrogen-bond acceptors (Lipinski definition) is 6. The minimum atomic E-state index is -0.698. The van der Waals surface area contributed by atoms with Crippen LogP contribution in [0.4, 0.5) is 0 Å². The van der Waals surface area contributed by atoms with Crippen LogP contribution in [0.5, 0.6) is 0 Å². The molecule has 14 heavy (non-hydrogen) atoms. The Morgan fingerprint density at radius 2 is 2.57 bits per heavy atom. The van der Waals surface area contributed by atoms with E-state index in [2.05, 4.69) is 14.7 Å². The average molecular weight is 232 g/mol. The van der Waals surface area contributed by atoms with Crippen LogP contribution in [-0.4, -0.2) is 33.6 Å². The summed E-state index contributed by atoms with van der Waals surface area (Å²) >= 11 is 2.78. The van der Waals surface area contributed by atoms with E-state index in [0.717, 1.165) is 4.34 Å². The molecule has 1 aromatic heterocycles. The van der Waals surface area contributed by atoms with Crippen LogP contribution in [0.1, 0.15) is 6.92 Å². The highest BCUT2D eigenvalue weighted by molar-refractivity contribution is 8.01. The molecule has 0 aliphatic rings. The van der Waals surface area contributed by atoms with Gasteiger partial charge in [0.05, 0.1) is 0 Å². The summed E-state index contributed by atoms with van der Waals surface area (Å²) in [5.74, 6) is 0.186. The second-order valence-electron chi connectivity index (χ2n) is 2.94. The van der Waals surface area contributed by atoms with Gasteiger partial charge < -0.3 is 11.1 Å². The number of carbonyl (C=O) groups is 1. The van der Waals surface area contributed by atoms with E-state index < -0.39 is 5.54 Å². The van der Waals surface area contributed by atoms with E-state index in [-0.39, 0.29) is 5.91 Å². The van der Waals surface area contributed by atoms with Gasteiger partial charge in [0.25, 0.3) is 0 Å². The SMILES string of the molecule is CNC(C)(CSc1ncns1)C(N)=O. The van der Waals surface area contributed by atoms with Gasteiger partial charge in [0, 0.05) is 5.75 Å². The van der Waals surface area contributed by atoms with Crippen molar-refractivity contribution in [2.24, 2.45) is 5.73 Å². The number of primary amides is 1. The second-order valence-corrected chi connectivity index (χ2v) is 4.94. The maximum atomic E-state index is 11.1. The molecule has 78 valence electrons. The Morgan fingerprint density at radius 1 is 1.86 bits per heavy atom. The lowest BCUT2D eigenvalue weighted by Crippen LogP contribution is -2.53. The van der Waals surface area contributed by atoms with E-state index in [0.29, 0.717) is 5.75 Å². The standard InChI is InChI=1S/C7H12N4OS2/c1-7(9-2,5(8)12)3-13-6-10-4-11-14-6/h4,9H,3H2,1-2H3,(H2,8,12). The zero-order valence-corrected chi connectivity index (χ0v) is 9.61. The van der Waals surface area contributed by atoms with Crippen LogP contribution in [0.3, 0.4) is 0 Å². The number of aromatic nitrogens is 2. The van der Waals surface area contributed by atoms with Gasteiger partial charge in [0.1, 0.15) is 11.9 Å². The van der Waals surface area contributed by atoms with Crippen LogP contribution >= 0.6 is 23.3 Å². The normalized spacial score (nSPS) is 15.0. The maximum absolute atomic E-state index is 11.1. The molecule has 0 saturated heterocycles. The lowest BCUT2D eigenvalue weighted by Gasteiger charge is -2.24. The molecule has 3 N–H and O–H groups in total. The van der Waals surface area contributed by atoms with E-state index >= 15 is 0 Å². The predicted octanol–water partition coefficient (Wildman–Crippen LogP) is 0.0936. The summed E-state index contributed by atoms with van der Waals surface area (Å²) < 4.78 is 4.71. The zero-order chi connectivity index (χ0) is 10.6. The molecule has 0 fully saturated rings. The van der Waals surface area contributed by atoms with Crippen LogP contribution in [0.15, 0.2) is 10.7 Å². The zero-order valence-electron chi connectivity index (χ0n) is 7.98. The Bertz CT molecular complexity index is 303. The van der Waals surface area contributed by atoms with Gasteiger partial charge in [-0.1, -0.05) is 11.8 Å². The largest absolute Gasteiger partial charge is 0.368 e. The maximum Gasteiger partial charge on any atom is 0.238 e. The molecule has 0 aliphatic carbocycles. The first-order chi connectivity index (χ1) is 6.58. The number of nitrogens with zero attached hydrogens (tertiary/aromatic N) is 2. The quantitative estimate of drug-likeness (QED) is 0.703. The summed E-state index contributed by atoms with van der Waals surface area (Å²) in [4.78, 5) is 15.1. The van der Waals surface area contributed by atoms with Crippen molar-refractivity contribution in [1.29, 1.82) is 0 Å². The van der Waals surface area contributed by atoms with Gasteiger partial charge in [-0.25, -0.2) is 4.98 Å². The molecule has 0 aliphatic heterocycles. The third-order valence-electron chi connectivity index (χ3n) is 1.92. The highest BCUT2D eigenvalue weighted by atomic mass is 32.2. The number of amides is 1. The third kappa shape index (κ3) is 2.66. The number of likely N-dealkylation sites (N-methyl/N-ethyl adjacent to an activating group) is 1. The summed E-state index contributed by atoms with van der Waals surface area (Å²) in [5.41, 5.74) is 4.58. The van der Waals surface area contributed by atoms with Gasteiger partial charge >= 0.3 is 0 Å². The van der Waals surface area contributed by atoms with Crippen molar-refractivity contribution in [2.75, 3.05) is 12.8 Å². The van der Waals surface area contributed by atoms with E-state index in [4.69, 9.17) is 5.73 Å². The van der Waals surface area contributed by atoms with Gasteiger partial charge in [-0.2, -0.15) is 4.37 Å². The predicted molar refractivity (Wildman–Crippen MR) is 57.3 cm³/mol. The van der Waals surface area contributed by atoms with Crippen molar-refractivity contribution in [3.05, 3.63) is 6.33 Å². The molecule has 1 rings (SSSR count). The molecule has 1 atom stereocenters. The van der Waals surface area contributed by atoms with Gasteiger partial charge in [-0.3, -0.25) is 4.79 Å². The molecular weight excluding hydrogens is 220 g/mol. The fraction of sp³-hybridized carbons (Fsp3) is 0.571. The van der Waals surface area contributed by atoms with Crippen molar-refractivity contribution in [2.45, 2.75) is 16.8 Å². The summed E-state index contributed by atoms with van der Waals surface area (Å²) in [6, 6.07) is 0. The Kier molecular flexibility index (Phi) is 3.85. The van der Waals surface area contributed by atoms with Crippen LogP contribution in [0, 0.1) is 0 Å². The third-order valence-corrected chi connectivity index (χ3v) is 4.03. The molecule has 1 aromatic rings. The summed E-state index contributed by atoms with van der Waals surface area (Å²) in [7, 11) is 1.71. The van der Waals surface area contributed by atoms with Gasteiger partial charge in [-0.15, -0.1) is 0 Å². The first-order valence-corrected chi connectivity index (χ1v) is 5.72. The fourth-order valence-electron chi connectivity index (χ4n) is 0.699. The van der Waals surface area contributed by atoms with Crippen molar-refractivity contribution >= 4 is 29.2 Å². The summed E-state index contributed by atoms with van der Waals surface area (Å²) in [6.07, 6.45) is 1.49. The smallest absolute Gasteiger partial charge is 0.238 e. The molecular formula is C7H12N4OS2. The number of nitrogens with two attached hydrogens (primary N) is 1. The fourth-order valence-corrected chi connectivity index (χ4v) is 2.31. The molecule has 0 saturated carbocycles.